The van der Waals surface area contributed by atoms with Gasteiger partial charge in [0.05, 0.1) is 16.4 Å². The summed E-state index contributed by atoms with van der Waals surface area (Å²) >= 11 is 6.91. The van der Waals surface area contributed by atoms with Crippen molar-refractivity contribution in [2.75, 3.05) is 6.54 Å². The highest BCUT2D eigenvalue weighted by molar-refractivity contribution is 9.11. The Morgan fingerprint density at radius 2 is 2.05 bits per heavy atom. The van der Waals surface area contributed by atoms with Gasteiger partial charge < -0.3 is 10.1 Å². The van der Waals surface area contributed by atoms with Gasteiger partial charge in [-0.3, -0.25) is 4.98 Å². The van der Waals surface area contributed by atoms with Crippen molar-refractivity contribution in [1.82, 2.24) is 10.3 Å². The number of pyridine rings is 1. The molecule has 0 fully saturated rings. The largest absolute Gasteiger partial charge is 0.455 e. The number of nitrogens with zero attached hydrogens (tertiary/aromatic N) is 1. The predicted octanol–water partition coefficient (Wildman–Crippen LogP) is 5.46. The van der Waals surface area contributed by atoms with Crippen LogP contribution in [0.15, 0.2) is 45.5 Å². The minimum Gasteiger partial charge on any atom is -0.455 e. The summed E-state index contributed by atoms with van der Waals surface area (Å²) in [7, 11) is 0. The molecule has 0 aliphatic carbocycles. The highest BCUT2D eigenvalue weighted by Gasteiger charge is 2.07. The van der Waals surface area contributed by atoms with Crippen molar-refractivity contribution in [3.63, 3.8) is 0 Å². The van der Waals surface area contributed by atoms with Gasteiger partial charge in [0.1, 0.15) is 11.5 Å². The van der Waals surface area contributed by atoms with Crippen molar-refractivity contribution >= 4 is 31.9 Å². The van der Waals surface area contributed by atoms with E-state index >= 15 is 0 Å². The summed E-state index contributed by atoms with van der Waals surface area (Å²) < 4.78 is 7.74. The summed E-state index contributed by atoms with van der Waals surface area (Å²) in [4.78, 5) is 4.46. The monoisotopic (exact) mass is 412 g/mol. The lowest BCUT2D eigenvalue weighted by Gasteiger charge is -2.13. The fraction of sp³-hybridized carbons (Fsp3) is 0.312. The highest BCUT2D eigenvalue weighted by Crippen LogP contribution is 2.31. The maximum atomic E-state index is 5.83. The van der Waals surface area contributed by atoms with Crippen LogP contribution in [0, 0.1) is 0 Å². The molecule has 0 radical (unpaired) electrons. The quantitative estimate of drug-likeness (QED) is 0.682. The zero-order valence-corrected chi connectivity index (χ0v) is 15.2. The van der Waals surface area contributed by atoms with Crippen LogP contribution in [-0.4, -0.2) is 11.5 Å². The molecular formula is C16H18Br2N2O. The number of ether oxygens (including phenoxy) is 1. The van der Waals surface area contributed by atoms with Gasteiger partial charge in [-0.2, -0.15) is 0 Å². The maximum absolute atomic E-state index is 5.83. The van der Waals surface area contributed by atoms with Gasteiger partial charge >= 0.3 is 0 Å². The van der Waals surface area contributed by atoms with Crippen molar-refractivity contribution in [3.05, 3.63) is 51.2 Å². The van der Waals surface area contributed by atoms with E-state index in [4.69, 9.17) is 4.74 Å². The Hall–Kier alpha value is -0.910. The summed E-state index contributed by atoms with van der Waals surface area (Å²) in [6.07, 6.45) is 2.87. The number of hydrogen-bond acceptors (Lipinski definition) is 3. The zero-order valence-electron chi connectivity index (χ0n) is 12.1. The maximum Gasteiger partial charge on any atom is 0.145 e. The Morgan fingerprint density at radius 3 is 2.67 bits per heavy atom. The molecule has 0 spiro atoms. The van der Waals surface area contributed by atoms with Crippen LogP contribution in [0.25, 0.3) is 0 Å². The molecule has 0 bridgehead atoms. The molecule has 0 aliphatic rings. The van der Waals surface area contributed by atoms with Crippen molar-refractivity contribution in [3.8, 4) is 11.5 Å². The number of rotatable bonds is 6. The third-order valence-corrected chi connectivity index (χ3v) is 4.14. The molecule has 1 heterocycles. The highest BCUT2D eigenvalue weighted by atomic mass is 79.9. The van der Waals surface area contributed by atoms with E-state index in [9.17, 15) is 0 Å². The van der Waals surface area contributed by atoms with Crippen LogP contribution in [0.4, 0.5) is 0 Å². The third kappa shape index (κ3) is 4.80. The molecule has 1 N–H and O–H groups in total. The van der Waals surface area contributed by atoms with Crippen LogP contribution in [0.1, 0.15) is 32.0 Å². The van der Waals surface area contributed by atoms with Gasteiger partial charge in [-0.25, -0.2) is 0 Å². The van der Waals surface area contributed by atoms with Crippen LogP contribution in [-0.2, 0) is 0 Å². The molecule has 2 rings (SSSR count). The first-order valence-electron chi connectivity index (χ1n) is 6.92. The fourth-order valence-corrected chi connectivity index (χ4v) is 2.99. The molecule has 1 atom stereocenters. The average molecular weight is 414 g/mol. The number of benzene rings is 1. The first-order chi connectivity index (χ1) is 10.1. The Kier molecular flexibility index (Phi) is 6.21. The minimum atomic E-state index is 0.249. The van der Waals surface area contributed by atoms with Gasteiger partial charge in [-0.1, -0.05) is 22.9 Å². The smallest absolute Gasteiger partial charge is 0.145 e. The Morgan fingerprint density at radius 1 is 1.24 bits per heavy atom. The molecule has 0 saturated carbocycles. The summed E-state index contributed by atoms with van der Waals surface area (Å²) in [5, 5.41) is 3.42. The Labute approximate surface area is 142 Å². The van der Waals surface area contributed by atoms with Crippen molar-refractivity contribution in [2.45, 2.75) is 26.3 Å². The standard InChI is InChI=1S/C16H18Br2N2O/c1-3-8-19-11(2)15-6-5-13(10-20-15)21-16-7-4-12(17)9-14(16)18/h4-7,9-11,19H,3,8H2,1-2H3. The second-order valence-corrected chi connectivity index (χ2v) is 6.54. The van der Waals surface area contributed by atoms with Crippen LogP contribution < -0.4 is 10.1 Å². The van der Waals surface area contributed by atoms with Gasteiger partial charge in [0.2, 0.25) is 0 Å². The molecule has 5 heteroatoms. The fourth-order valence-electron chi connectivity index (χ4n) is 1.86. The van der Waals surface area contributed by atoms with E-state index in [2.05, 4.69) is 56.0 Å². The molecular weight excluding hydrogens is 396 g/mol. The summed E-state index contributed by atoms with van der Waals surface area (Å²) in [5.74, 6) is 1.49. The minimum absolute atomic E-state index is 0.249. The van der Waals surface area contributed by atoms with Gasteiger partial charge in [-0.05, 0) is 66.2 Å². The molecule has 1 aromatic carbocycles. The molecule has 1 aromatic heterocycles. The van der Waals surface area contributed by atoms with Crippen molar-refractivity contribution in [2.24, 2.45) is 0 Å². The molecule has 0 amide bonds. The van der Waals surface area contributed by atoms with E-state index in [-0.39, 0.29) is 6.04 Å². The van der Waals surface area contributed by atoms with E-state index in [1.807, 2.05) is 30.3 Å². The van der Waals surface area contributed by atoms with Crippen molar-refractivity contribution < 1.29 is 4.74 Å². The SMILES string of the molecule is CCCNC(C)c1ccc(Oc2ccc(Br)cc2Br)cn1. The van der Waals surface area contributed by atoms with E-state index in [0.29, 0.717) is 0 Å². The van der Waals surface area contributed by atoms with Gasteiger partial charge in [0.15, 0.2) is 0 Å². The number of aromatic nitrogens is 1. The van der Waals surface area contributed by atoms with Gasteiger partial charge in [0, 0.05) is 10.5 Å². The van der Waals surface area contributed by atoms with Crippen molar-refractivity contribution in [1.29, 1.82) is 0 Å². The van der Waals surface area contributed by atoms with Crippen LogP contribution in [0.2, 0.25) is 0 Å². The lowest BCUT2D eigenvalue weighted by molar-refractivity contribution is 0.475. The first kappa shape index (κ1) is 16.5. The summed E-state index contributed by atoms with van der Waals surface area (Å²) in [5.41, 5.74) is 1.02. The normalized spacial score (nSPS) is 12.2. The van der Waals surface area contributed by atoms with E-state index in [1.165, 1.54) is 0 Å². The molecule has 0 aliphatic heterocycles. The summed E-state index contributed by atoms with van der Waals surface area (Å²) in [6, 6.07) is 9.99. The lowest BCUT2D eigenvalue weighted by Crippen LogP contribution is -2.20. The second kappa shape index (κ2) is 7.92. The Bertz CT molecular complexity index is 587. The number of halogens is 2. The number of nitrogens with one attached hydrogen (secondary N) is 1. The second-order valence-electron chi connectivity index (χ2n) is 4.77. The number of hydrogen-bond donors (Lipinski definition) is 1. The van der Waals surface area contributed by atoms with Crippen LogP contribution >= 0.6 is 31.9 Å². The third-order valence-electron chi connectivity index (χ3n) is 3.03. The molecule has 112 valence electrons. The summed E-state index contributed by atoms with van der Waals surface area (Å²) in [6.45, 7) is 5.26. The zero-order chi connectivity index (χ0) is 15.2. The van der Waals surface area contributed by atoms with E-state index in [0.717, 1.165) is 39.1 Å². The first-order valence-corrected chi connectivity index (χ1v) is 8.51. The molecule has 21 heavy (non-hydrogen) atoms. The predicted molar refractivity (Wildman–Crippen MR) is 92.9 cm³/mol. The lowest BCUT2D eigenvalue weighted by atomic mass is 10.2. The van der Waals surface area contributed by atoms with E-state index < -0.39 is 0 Å². The molecule has 2 aromatic rings. The molecule has 3 nitrogen and oxygen atoms in total. The average Bonchev–Trinajstić information content (AvgIpc) is 2.48. The van der Waals surface area contributed by atoms with Crippen LogP contribution in [0.5, 0.6) is 11.5 Å². The van der Waals surface area contributed by atoms with Gasteiger partial charge in [0.25, 0.3) is 0 Å². The topological polar surface area (TPSA) is 34.1 Å². The Balaban J connectivity index is 2.05. The van der Waals surface area contributed by atoms with Gasteiger partial charge in [-0.15, -0.1) is 0 Å². The molecule has 1 unspecified atom stereocenters. The van der Waals surface area contributed by atoms with Crippen LogP contribution in [0.3, 0.4) is 0 Å². The van der Waals surface area contributed by atoms with E-state index in [1.54, 1.807) is 6.20 Å². The molecule has 0 saturated heterocycles.